The molecule has 1 saturated carbocycles. The Morgan fingerprint density at radius 1 is 1.33 bits per heavy atom. The van der Waals surface area contributed by atoms with Crippen molar-refractivity contribution in [2.75, 3.05) is 0 Å². The molecule has 0 amide bonds. The molecule has 0 spiro atoms. The summed E-state index contributed by atoms with van der Waals surface area (Å²) in [4.78, 5) is 34.9. The van der Waals surface area contributed by atoms with E-state index in [1.807, 2.05) is 13.0 Å². The van der Waals surface area contributed by atoms with E-state index in [0.717, 1.165) is 0 Å². The van der Waals surface area contributed by atoms with Crippen molar-refractivity contribution in [2.24, 2.45) is 17.8 Å². The number of fused-ring (bicyclic) bond motifs is 1. The summed E-state index contributed by atoms with van der Waals surface area (Å²) in [6.07, 6.45) is 2.59. The van der Waals surface area contributed by atoms with Crippen molar-refractivity contribution >= 4 is 11.9 Å². The minimum atomic E-state index is -1.35. The largest absolute Gasteiger partial charge is 0.462 e. The SMILES string of the molecule is CC(=O)OC1CC(C)(O)C23C=CC(C)(OO2)C3C2OC(=O)C(C)C12. The summed E-state index contributed by atoms with van der Waals surface area (Å²) in [7, 11) is 0. The second-order valence-electron chi connectivity index (χ2n) is 7.85. The second-order valence-corrected chi connectivity index (χ2v) is 7.85. The summed E-state index contributed by atoms with van der Waals surface area (Å²) in [5.74, 6) is -1.97. The normalized spacial score (nSPS) is 54.9. The highest BCUT2D eigenvalue weighted by Gasteiger charge is 2.75. The maximum absolute atomic E-state index is 12.2. The molecule has 2 aliphatic heterocycles. The molecule has 8 unspecified atom stereocenters. The quantitative estimate of drug-likeness (QED) is 0.431. The molecular formula is C17H22O7. The van der Waals surface area contributed by atoms with E-state index in [1.54, 1.807) is 19.9 Å². The van der Waals surface area contributed by atoms with Gasteiger partial charge in [0.25, 0.3) is 0 Å². The van der Waals surface area contributed by atoms with Crippen LogP contribution in [0.5, 0.6) is 0 Å². The van der Waals surface area contributed by atoms with Gasteiger partial charge in [0.15, 0.2) is 5.60 Å². The molecule has 2 bridgehead atoms. The molecule has 2 aliphatic carbocycles. The number of aliphatic hydroxyl groups is 1. The van der Waals surface area contributed by atoms with Gasteiger partial charge in [0.1, 0.15) is 23.4 Å². The fourth-order valence-electron chi connectivity index (χ4n) is 5.02. The van der Waals surface area contributed by atoms with E-state index in [9.17, 15) is 14.7 Å². The molecule has 0 aromatic rings. The molecule has 4 aliphatic rings. The smallest absolute Gasteiger partial charge is 0.309 e. The molecule has 0 radical (unpaired) electrons. The zero-order chi connectivity index (χ0) is 17.5. The lowest BCUT2D eigenvalue weighted by Crippen LogP contribution is -2.56. The number of carbonyl (C=O) groups excluding carboxylic acids is 2. The van der Waals surface area contributed by atoms with Gasteiger partial charge in [0, 0.05) is 19.3 Å². The molecular weight excluding hydrogens is 316 g/mol. The van der Waals surface area contributed by atoms with Gasteiger partial charge in [-0.1, -0.05) is 13.0 Å². The molecule has 2 saturated heterocycles. The predicted octanol–water partition coefficient (Wildman–Crippen LogP) is 0.896. The van der Waals surface area contributed by atoms with Crippen molar-refractivity contribution in [3.05, 3.63) is 12.2 Å². The second kappa shape index (κ2) is 4.59. The fourth-order valence-corrected chi connectivity index (χ4v) is 5.02. The van der Waals surface area contributed by atoms with Crippen LogP contribution in [0.4, 0.5) is 0 Å². The lowest BCUT2D eigenvalue weighted by atomic mass is 9.70. The Kier molecular flexibility index (Phi) is 3.07. The van der Waals surface area contributed by atoms with Gasteiger partial charge in [-0.25, -0.2) is 9.78 Å². The molecule has 7 nitrogen and oxygen atoms in total. The van der Waals surface area contributed by atoms with Gasteiger partial charge in [-0.05, 0) is 19.9 Å². The van der Waals surface area contributed by atoms with E-state index in [2.05, 4.69) is 0 Å². The van der Waals surface area contributed by atoms with Crippen molar-refractivity contribution in [3.8, 4) is 0 Å². The average molecular weight is 338 g/mol. The van der Waals surface area contributed by atoms with E-state index in [-0.39, 0.29) is 18.3 Å². The molecule has 4 rings (SSSR count). The van der Waals surface area contributed by atoms with Crippen LogP contribution in [0.3, 0.4) is 0 Å². The van der Waals surface area contributed by atoms with E-state index >= 15 is 0 Å². The number of rotatable bonds is 1. The van der Waals surface area contributed by atoms with Crippen LogP contribution in [-0.2, 0) is 28.8 Å². The third-order valence-electron chi connectivity index (χ3n) is 6.20. The first-order valence-corrected chi connectivity index (χ1v) is 8.29. The lowest BCUT2D eigenvalue weighted by Gasteiger charge is -2.40. The van der Waals surface area contributed by atoms with E-state index in [1.165, 1.54) is 6.92 Å². The van der Waals surface area contributed by atoms with Crippen molar-refractivity contribution < 1.29 is 33.9 Å². The zero-order valence-corrected chi connectivity index (χ0v) is 14.1. The molecule has 7 heteroatoms. The number of ether oxygens (including phenoxy) is 2. The van der Waals surface area contributed by atoms with E-state index in [4.69, 9.17) is 19.2 Å². The van der Waals surface area contributed by atoms with Crippen LogP contribution < -0.4 is 0 Å². The highest BCUT2D eigenvalue weighted by Crippen LogP contribution is 2.61. The molecule has 8 atom stereocenters. The molecule has 132 valence electrons. The maximum atomic E-state index is 12.2. The van der Waals surface area contributed by atoms with E-state index in [0.29, 0.717) is 0 Å². The Labute approximate surface area is 139 Å². The number of carbonyl (C=O) groups is 2. The standard InChI is InChI=1S/C17H22O7/c1-8-11-10(21-9(2)18)7-16(4,20)17-6-5-15(3,23-24-17)13(17)12(11)22-14(8)19/h5-6,8,10-13,20H,7H2,1-4H3. The van der Waals surface area contributed by atoms with Crippen LogP contribution in [0.1, 0.15) is 34.1 Å². The van der Waals surface area contributed by atoms with Gasteiger partial charge in [0.2, 0.25) is 0 Å². The fraction of sp³-hybridized carbons (Fsp3) is 0.765. The molecule has 24 heavy (non-hydrogen) atoms. The van der Waals surface area contributed by atoms with Crippen molar-refractivity contribution in [2.45, 2.75) is 63.1 Å². The zero-order valence-electron chi connectivity index (χ0n) is 14.1. The van der Waals surface area contributed by atoms with Gasteiger partial charge >= 0.3 is 11.9 Å². The van der Waals surface area contributed by atoms with Crippen molar-refractivity contribution in [1.29, 1.82) is 0 Å². The number of hydrogen-bond acceptors (Lipinski definition) is 7. The third-order valence-corrected chi connectivity index (χ3v) is 6.20. The van der Waals surface area contributed by atoms with Crippen molar-refractivity contribution in [1.82, 2.24) is 0 Å². The lowest BCUT2D eigenvalue weighted by molar-refractivity contribution is -0.361. The topological polar surface area (TPSA) is 91.3 Å². The molecule has 2 heterocycles. The van der Waals surface area contributed by atoms with Crippen LogP contribution in [0, 0.1) is 17.8 Å². The van der Waals surface area contributed by atoms with Crippen LogP contribution in [0.15, 0.2) is 12.2 Å². The average Bonchev–Trinajstić information content (AvgIpc) is 3.01. The van der Waals surface area contributed by atoms with Gasteiger partial charge in [-0.2, -0.15) is 0 Å². The summed E-state index contributed by atoms with van der Waals surface area (Å²) in [6, 6.07) is 0. The molecule has 0 aromatic heterocycles. The summed E-state index contributed by atoms with van der Waals surface area (Å²) < 4.78 is 11.2. The summed E-state index contributed by atoms with van der Waals surface area (Å²) in [5, 5.41) is 11.2. The first kappa shape index (κ1) is 16.1. The van der Waals surface area contributed by atoms with Crippen LogP contribution in [-0.4, -0.2) is 46.1 Å². The summed E-state index contributed by atoms with van der Waals surface area (Å²) in [6.45, 7) is 6.58. The highest BCUT2D eigenvalue weighted by molar-refractivity contribution is 5.75. The Bertz CT molecular complexity index is 641. The maximum Gasteiger partial charge on any atom is 0.309 e. The molecule has 0 aromatic carbocycles. The number of esters is 2. The molecule has 1 N–H and O–H groups in total. The monoisotopic (exact) mass is 338 g/mol. The number of hydrogen-bond donors (Lipinski definition) is 1. The Morgan fingerprint density at radius 2 is 2.04 bits per heavy atom. The van der Waals surface area contributed by atoms with Crippen LogP contribution in [0.2, 0.25) is 0 Å². The predicted molar refractivity (Wildman–Crippen MR) is 79.3 cm³/mol. The first-order valence-electron chi connectivity index (χ1n) is 8.29. The summed E-state index contributed by atoms with van der Waals surface area (Å²) >= 11 is 0. The van der Waals surface area contributed by atoms with Gasteiger partial charge in [-0.15, -0.1) is 0 Å². The summed E-state index contributed by atoms with van der Waals surface area (Å²) in [5.41, 5.74) is -3.29. The minimum Gasteiger partial charge on any atom is -0.462 e. The van der Waals surface area contributed by atoms with Gasteiger partial charge in [0.05, 0.1) is 11.8 Å². The highest BCUT2D eigenvalue weighted by atomic mass is 17.2. The molecule has 3 fully saturated rings. The Morgan fingerprint density at radius 3 is 2.62 bits per heavy atom. The Balaban J connectivity index is 1.85. The van der Waals surface area contributed by atoms with Crippen molar-refractivity contribution in [3.63, 3.8) is 0 Å². The Hall–Kier alpha value is -1.44. The third kappa shape index (κ3) is 1.78. The van der Waals surface area contributed by atoms with Gasteiger partial charge < -0.3 is 14.6 Å². The first-order chi connectivity index (χ1) is 11.1. The van der Waals surface area contributed by atoms with Gasteiger partial charge in [-0.3, -0.25) is 9.59 Å². The van der Waals surface area contributed by atoms with E-state index < -0.39 is 46.8 Å². The minimum absolute atomic E-state index is 0.134. The van der Waals surface area contributed by atoms with Crippen LogP contribution in [0.25, 0.3) is 0 Å². The van der Waals surface area contributed by atoms with Crippen LogP contribution >= 0.6 is 0 Å².